The van der Waals surface area contributed by atoms with Crippen LogP contribution in [0.15, 0.2) is 11.1 Å². The Bertz CT molecular complexity index is 593. The highest BCUT2D eigenvalue weighted by atomic mass is 32.3. The molecule has 8 nitrogen and oxygen atoms in total. The Kier molecular flexibility index (Phi) is 22.8. The molecule has 0 aromatic carbocycles. The van der Waals surface area contributed by atoms with Gasteiger partial charge in [0.05, 0.1) is 0 Å². The first kappa shape index (κ1) is 33.7. The van der Waals surface area contributed by atoms with Crippen LogP contribution in [0.5, 0.6) is 0 Å². The Labute approximate surface area is 200 Å². The molecule has 0 spiro atoms. The summed E-state index contributed by atoms with van der Waals surface area (Å²) < 4.78 is 31.6. The molecule has 0 bridgehead atoms. The van der Waals surface area contributed by atoms with E-state index in [1.807, 2.05) is 0 Å². The fraction of sp³-hybridized carbons (Fsp3) is 0.833. The maximum absolute atomic E-state index is 11.6. The molecular formula is C24H46O8S. The Morgan fingerprint density at radius 2 is 0.727 bits per heavy atom. The fourth-order valence-electron chi connectivity index (χ4n) is 3.65. The van der Waals surface area contributed by atoms with Gasteiger partial charge in [-0.2, -0.15) is 8.42 Å². The lowest BCUT2D eigenvalue weighted by atomic mass is 9.96. The van der Waals surface area contributed by atoms with Gasteiger partial charge in [-0.3, -0.25) is 9.11 Å². The first-order chi connectivity index (χ1) is 15.5. The van der Waals surface area contributed by atoms with Crippen LogP contribution >= 0.6 is 0 Å². The van der Waals surface area contributed by atoms with E-state index in [0.717, 1.165) is 38.5 Å². The van der Waals surface area contributed by atoms with Crippen LogP contribution in [0.3, 0.4) is 0 Å². The third-order valence-electron chi connectivity index (χ3n) is 5.44. The van der Waals surface area contributed by atoms with Gasteiger partial charge in [-0.25, -0.2) is 9.59 Å². The van der Waals surface area contributed by atoms with Gasteiger partial charge in [0.1, 0.15) is 0 Å². The molecule has 0 aromatic heterocycles. The topological polar surface area (TPSA) is 149 Å². The fourth-order valence-corrected chi connectivity index (χ4v) is 3.65. The van der Waals surface area contributed by atoms with Crippen molar-refractivity contribution in [2.45, 2.75) is 129 Å². The molecule has 0 rings (SSSR count). The minimum absolute atomic E-state index is 0.126. The normalized spacial score (nSPS) is 12.0. The van der Waals surface area contributed by atoms with E-state index in [1.165, 1.54) is 64.2 Å². The molecule has 0 amide bonds. The van der Waals surface area contributed by atoms with Crippen molar-refractivity contribution >= 4 is 22.3 Å². The lowest BCUT2D eigenvalue weighted by molar-refractivity contribution is -0.136. The summed E-state index contributed by atoms with van der Waals surface area (Å²) in [6, 6.07) is 0. The minimum atomic E-state index is -4.67. The van der Waals surface area contributed by atoms with Crippen molar-refractivity contribution in [3.63, 3.8) is 0 Å². The van der Waals surface area contributed by atoms with Gasteiger partial charge >= 0.3 is 22.3 Å². The van der Waals surface area contributed by atoms with E-state index in [-0.39, 0.29) is 11.1 Å². The van der Waals surface area contributed by atoms with Gasteiger partial charge in [-0.05, 0) is 25.7 Å². The Hall–Kier alpha value is -1.45. The van der Waals surface area contributed by atoms with Crippen LogP contribution < -0.4 is 0 Å². The summed E-state index contributed by atoms with van der Waals surface area (Å²) >= 11 is 0. The van der Waals surface area contributed by atoms with Crippen LogP contribution in [0, 0.1) is 0 Å². The van der Waals surface area contributed by atoms with Crippen molar-refractivity contribution in [1.82, 2.24) is 0 Å². The van der Waals surface area contributed by atoms with E-state index >= 15 is 0 Å². The number of aliphatic carboxylic acids is 2. The molecule has 196 valence electrons. The molecule has 0 unspecified atom stereocenters. The highest BCUT2D eigenvalue weighted by Gasteiger charge is 2.19. The standard InChI is InChI=1S/C24H44O4.H2O4S/c1-3-5-7-9-11-13-15-17-19-21(23(25)26)22(24(27)28)20-18-16-14-12-10-8-6-4-2;1-5(2,3)4/h3-20H2,1-2H3,(H,25,26)(H,27,28);(H2,1,2,3,4)/b22-21-;. The number of carbonyl (C=O) groups is 2. The number of carboxylic acids is 2. The molecule has 4 N–H and O–H groups in total. The average Bonchev–Trinajstić information content (AvgIpc) is 2.71. The van der Waals surface area contributed by atoms with Gasteiger partial charge in [-0.1, -0.05) is 104 Å². The number of rotatable bonds is 20. The van der Waals surface area contributed by atoms with Gasteiger partial charge in [-0.15, -0.1) is 0 Å². The summed E-state index contributed by atoms with van der Waals surface area (Å²) in [6.45, 7) is 4.40. The van der Waals surface area contributed by atoms with Crippen molar-refractivity contribution < 1.29 is 37.3 Å². The highest BCUT2D eigenvalue weighted by molar-refractivity contribution is 7.79. The first-order valence-electron chi connectivity index (χ1n) is 12.4. The largest absolute Gasteiger partial charge is 0.478 e. The zero-order valence-electron chi connectivity index (χ0n) is 20.6. The second kappa shape index (κ2) is 22.3. The molecular weight excluding hydrogens is 448 g/mol. The third-order valence-corrected chi connectivity index (χ3v) is 5.44. The molecule has 0 aliphatic carbocycles. The molecule has 0 fully saturated rings. The van der Waals surface area contributed by atoms with E-state index in [9.17, 15) is 19.8 Å². The quantitative estimate of drug-likeness (QED) is 0.0814. The molecule has 9 heteroatoms. The molecule has 0 aliphatic heterocycles. The van der Waals surface area contributed by atoms with Crippen molar-refractivity contribution in [2.24, 2.45) is 0 Å². The molecule has 0 aliphatic rings. The first-order valence-corrected chi connectivity index (χ1v) is 13.8. The molecule has 0 radical (unpaired) electrons. The molecule has 0 heterocycles. The van der Waals surface area contributed by atoms with Gasteiger partial charge in [0, 0.05) is 11.1 Å². The molecule has 33 heavy (non-hydrogen) atoms. The summed E-state index contributed by atoms with van der Waals surface area (Å²) in [7, 11) is -4.67. The van der Waals surface area contributed by atoms with Crippen LogP contribution in [0.2, 0.25) is 0 Å². The van der Waals surface area contributed by atoms with E-state index < -0.39 is 22.3 Å². The highest BCUT2D eigenvalue weighted by Crippen LogP contribution is 2.21. The second-order valence-electron chi connectivity index (χ2n) is 8.46. The van der Waals surface area contributed by atoms with E-state index in [2.05, 4.69) is 13.8 Å². The molecule has 0 saturated heterocycles. The zero-order chi connectivity index (χ0) is 25.5. The lowest BCUT2D eigenvalue weighted by Gasteiger charge is -2.09. The monoisotopic (exact) mass is 494 g/mol. The summed E-state index contributed by atoms with van der Waals surface area (Å²) in [6.07, 6.45) is 18.9. The minimum Gasteiger partial charge on any atom is -0.478 e. The van der Waals surface area contributed by atoms with Gasteiger partial charge in [0.25, 0.3) is 0 Å². The number of unbranched alkanes of at least 4 members (excludes halogenated alkanes) is 14. The molecule has 0 saturated carbocycles. The van der Waals surface area contributed by atoms with Crippen LogP contribution in [0.1, 0.15) is 129 Å². The van der Waals surface area contributed by atoms with Crippen molar-refractivity contribution in [1.29, 1.82) is 0 Å². The Morgan fingerprint density at radius 1 is 0.515 bits per heavy atom. The average molecular weight is 495 g/mol. The summed E-state index contributed by atoms with van der Waals surface area (Å²) in [4.78, 5) is 23.2. The molecule has 0 atom stereocenters. The summed E-state index contributed by atoms with van der Waals surface area (Å²) in [5, 5.41) is 19.0. The second-order valence-corrected chi connectivity index (χ2v) is 9.36. The van der Waals surface area contributed by atoms with Crippen molar-refractivity contribution in [3.8, 4) is 0 Å². The van der Waals surface area contributed by atoms with E-state index in [1.54, 1.807) is 0 Å². The Morgan fingerprint density at radius 3 is 0.939 bits per heavy atom. The van der Waals surface area contributed by atoms with Crippen LogP contribution in [0.25, 0.3) is 0 Å². The van der Waals surface area contributed by atoms with Crippen molar-refractivity contribution in [2.75, 3.05) is 0 Å². The third kappa shape index (κ3) is 26.7. The van der Waals surface area contributed by atoms with Gasteiger partial charge in [0.15, 0.2) is 0 Å². The van der Waals surface area contributed by atoms with Crippen molar-refractivity contribution in [3.05, 3.63) is 11.1 Å². The summed E-state index contributed by atoms with van der Waals surface area (Å²) in [5.74, 6) is -2.11. The number of hydrogen-bond donors (Lipinski definition) is 4. The van der Waals surface area contributed by atoms with Gasteiger partial charge in [0.2, 0.25) is 0 Å². The van der Waals surface area contributed by atoms with Crippen LogP contribution in [0.4, 0.5) is 0 Å². The summed E-state index contributed by atoms with van der Waals surface area (Å²) in [5.41, 5.74) is 0.253. The zero-order valence-corrected chi connectivity index (χ0v) is 21.4. The number of carboxylic acid groups (broad SMARTS) is 2. The number of hydrogen-bond acceptors (Lipinski definition) is 4. The lowest BCUT2D eigenvalue weighted by Crippen LogP contribution is -2.12. The van der Waals surface area contributed by atoms with E-state index in [4.69, 9.17) is 17.5 Å². The van der Waals surface area contributed by atoms with Crippen LogP contribution in [-0.4, -0.2) is 39.7 Å². The van der Waals surface area contributed by atoms with Gasteiger partial charge < -0.3 is 10.2 Å². The molecule has 0 aromatic rings. The predicted octanol–water partition coefficient (Wildman–Crippen LogP) is 6.86. The van der Waals surface area contributed by atoms with E-state index in [0.29, 0.717) is 12.8 Å². The smallest absolute Gasteiger partial charge is 0.394 e. The maximum Gasteiger partial charge on any atom is 0.394 e. The predicted molar refractivity (Wildman–Crippen MR) is 131 cm³/mol. The maximum atomic E-state index is 11.6. The van der Waals surface area contributed by atoms with Crippen LogP contribution in [-0.2, 0) is 20.0 Å². The Balaban J connectivity index is 0. The SMILES string of the molecule is CCCCCCCCCC/C(C(=O)O)=C(\CCCCCCCCCC)C(=O)O.O=S(=O)(O)O.